The number of rotatable bonds is 5. The average molecular weight is 337 g/mol. The molecule has 2 rings (SSSR count). The van der Waals surface area contributed by atoms with Crippen LogP contribution in [0.25, 0.3) is 6.08 Å². The summed E-state index contributed by atoms with van der Waals surface area (Å²) >= 11 is 0. The fourth-order valence-electron chi connectivity index (χ4n) is 2.20. The van der Waals surface area contributed by atoms with Crippen molar-refractivity contribution in [3.8, 4) is 0 Å². The Kier molecular flexibility index (Phi) is 5.54. The Bertz CT molecular complexity index is 706. The second-order valence-electron chi connectivity index (χ2n) is 5.52. The Morgan fingerprint density at radius 2 is 2.00 bits per heavy atom. The third-order valence-electron chi connectivity index (χ3n) is 3.43. The molecule has 1 aromatic rings. The maximum atomic E-state index is 11.6. The van der Waals surface area contributed by atoms with Gasteiger partial charge in [-0.1, -0.05) is 29.8 Å². The molecular formula is C16H19NO5S. The molecule has 0 unspecified atom stereocenters. The highest BCUT2D eigenvalue weighted by molar-refractivity contribution is 7.91. The average Bonchev–Trinajstić information content (AvgIpc) is 2.83. The van der Waals surface area contributed by atoms with Gasteiger partial charge in [0.1, 0.15) is 0 Å². The van der Waals surface area contributed by atoms with Gasteiger partial charge >= 0.3 is 5.97 Å². The zero-order valence-electron chi connectivity index (χ0n) is 12.8. The predicted octanol–water partition coefficient (Wildman–Crippen LogP) is 0.855. The van der Waals surface area contributed by atoms with Gasteiger partial charge in [-0.2, -0.15) is 0 Å². The highest BCUT2D eigenvalue weighted by atomic mass is 32.2. The predicted molar refractivity (Wildman–Crippen MR) is 86.4 cm³/mol. The Morgan fingerprint density at radius 1 is 1.30 bits per heavy atom. The summed E-state index contributed by atoms with van der Waals surface area (Å²) in [5.74, 6) is -1.10. The number of esters is 1. The van der Waals surface area contributed by atoms with E-state index in [0.29, 0.717) is 6.42 Å². The number of sulfone groups is 1. The SMILES string of the molecule is Cc1ccc(/C=C/C(=O)OCC(=O)N[C@@H]2CCS(=O)(=O)C2)cc1. The maximum absolute atomic E-state index is 11.6. The fraction of sp³-hybridized carbons (Fsp3) is 0.375. The summed E-state index contributed by atoms with van der Waals surface area (Å²) in [6.45, 7) is 1.55. The molecule has 0 bridgehead atoms. The molecule has 124 valence electrons. The fourth-order valence-corrected chi connectivity index (χ4v) is 3.88. The number of hydrogen-bond donors (Lipinski definition) is 1. The molecule has 1 amide bonds. The molecule has 1 aromatic carbocycles. The first-order valence-corrected chi connectivity index (χ1v) is 9.07. The van der Waals surface area contributed by atoms with E-state index in [9.17, 15) is 18.0 Å². The minimum atomic E-state index is -3.05. The highest BCUT2D eigenvalue weighted by Crippen LogP contribution is 2.11. The summed E-state index contributed by atoms with van der Waals surface area (Å²) in [5, 5.41) is 2.55. The van der Waals surface area contributed by atoms with E-state index in [4.69, 9.17) is 4.74 Å². The number of ether oxygens (including phenoxy) is 1. The smallest absolute Gasteiger partial charge is 0.331 e. The van der Waals surface area contributed by atoms with E-state index in [1.807, 2.05) is 31.2 Å². The van der Waals surface area contributed by atoms with Crippen molar-refractivity contribution in [2.45, 2.75) is 19.4 Å². The lowest BCUT2D eigenvalue weighted by Gasteiger charge is -2.10. The van der Waals surface area contributed by atoms with Crippen LogP contribution in [-0.2, 0) is 24.2 Å². The Labute approximate surface area is 135 Å². The van der Waals surface area contributed by atoms with Crippen LogP contribution in [0.2, 0.25) is 0 Å². The van der Waals surface area contributed by atoms with Crippen LogP contribution < -0.4 is 5.32 Å². The molecule has 0 aliphatic carbocycles. The van der Waals surface area contributed by atoms with Crippen molar-refractivity contribution in [1.82, 2.24) is 5.32 Å². The second kappa shape index (κ2) is 7.41. The van der Waals surface area contributed by atoms with Crippen LogP contribution in [0.1, 0.15) is 17.5 Å². The van der Waals surface area contributed by atoms with Crippen LogP contribution in [0.15, 0.2) is 30.3 Å². The molecule has 7 heteroatoms. The van der Waals surface area contributed by atoms with Crippen molar-refractivity contribution in [3.63, 3.8) is 0 Å². The molecule has 23 heavy (non-hydrogen) atoms. The standard InChI is InChI=1S/C16H19NO5S/c1-12-2-4-13(5-3-12)6-7-16(19)22-10-15(18)17-14-8-9-23(20,21)11-14/h2-7,14H,8-11H2,1H3,(H,17,18)/b7-6+/t14-/m1/s1. The third kappa shape index (κ3) is 5.86. The molecule has 0 radical (unpaired) electrons. The number of carbonyl (C=O) groups is 2. The number of aryl methyl sites for hydroxylation is 1. The molecule has 0 aromatic heterocycles. The molecule has 1 atom stereocenters. The second-order valence-corrected chi connectivity index (χ2v) is 7.75. The van der Waals surface area contributed by atoms with E-state index in [0.717, 1.165) is 11.1 Å². The van der Waals surface area contributed by atoms with Gasteiger partial charge in [0.05, 0.1) is 11.5 Å². The van der Waals surface area contributed by atoms with Crippen LogP contribution in [0, 0.1) is 6.92 Å². The molecule has 1 aliphatic heterocycles. The lowest BCUT2D eigenvalue weighted by atomic mass is 10.1. The molecule has 0 spiro atoms. The van der Waals surface area contributed by atoms with Gasteiger partial charge < -0.3 is 10.1 Å². The summed E-state index contributed by atoms with van der Waals surface area (Å²) in [6, 6.07) is 7.19. The lowest BCUT2D eigenvalue weighted by molar-refractivity contribution is -0.143. The summed E-state index contributed by atoms with van der Waals surface area (Å²) in [7, 11) is -3.05. The van der Waals surface area contributed by atoms with Crippen LogP contribution in [0.3, 0.4) is 0 Å². The first-order chi connectivity index (χ1) is 10.8. The van der Waals surface area contributed by atoms with Crippen molar-refractivity contribution in [2.24, 2.45) is 0 Å². The van der Waals surface area contributed by atoms with Gasteiger partial charge in [0, 0.05) is 12.1 Å². The van der Waals surface area contributed by atoms with E-state index >= 15 is 0 Å². The Hall–Kier alpha value is -2.15. The molecule has 1 heterocycles. The van der Waals surface area contributed by atoms with Gasteiger partial charge in [0.25, 0.3) is 5.91 Å². The number of carbonyl (C=O) groups excluding carboxylic acids is 2. The molecular weight excluding hydrogens is 318 g/mol. The molecule has 0 saturated carbocycles. The zero-order valence-corrected chi connectivity index (χ0v) is 13.6. The van der Waals surface area contributed by atoms with Gasteiger partial charge in [0.15, 0.2) is 16.4 Å². The van der Waals surface area contributed by atoms with E-state index in [-0.39, 0.29) is 11.5 Å². The number of benzene rings is 1. The van der Waals surface area contributed by atoms with Crippen LogP contribution >= 0.6 is 0 Å². The van der Waals surface area contributed by atoms with Crippen LogP contribution in [0.5, 0.6) is 0 Å². The number of hydrogen-bond acceptors (Lipinski definition) is 5. The Morgan fingerprint density at radius 3 is 2.61 bits per heavy atom. The maximum Gasteiger partial charge on any atom is 0.331 e. The normalized spacial score (nSPS) is 19.6. The van der Waals surface area contributed by atoms with Crippen molar-refractivity contribution in [2.75, 3.05) is 18.1 Å². The molecule has 1 fully saturated rings. The van der Waals surface area contributed by atoms with E-state index < -0.39 is 34.4 Å². The van der Waals surface area contributed by atoms with Crippen molar-refractivity contribution in [3.05, 3.63) is 41.5 Å². The van der Waals surface area contributed by atoms with Gasteiger partial charge in [-0.15, -0.1) is 0 Å². The first-order valence-electron chi connectivity index (χ1n) is 7.25. The minimum absolute atomic E-state index is 0.0555. The topological polar surface area (TPSA) is 89.5 Å². The highest BCUT2D eigenvalue weighted by Gasteiger charge is 2.28. The molecule has 6 nitrogen and oxygen atoms in total. The number of amides is 1. The summed E-state index contributed by atoms with van der Waals surface area (Å²) in [4.78, 5) is 23.2. The van der Waals surface area contributed by atoms with E-state index in [1.165, 1.54) is 6.08 Å². The van der Waals surface area contributed by atoms with Crippen LogP contribution in [-0.4, -0.2) is 44.4 Å². The van der Waals surface area contributed by atoms with E-state index in [2.05, 4.69) is 5.32 Å². The zero-order chi connectivity index (χ0) is 16.9. The van der Waals surface area contributed by atoms with Crippen molar-refractivity contribution >= 4 is 27.8 Å². The van der Waals surface area contributed by atoms with Crippen LogP contribution in [0.4, 0.5) is 0 Å². The molecule has 1 N–H and O–H groups in total. The largest absolute Gasteiger partial charge is 0.452 e. The van der Waals surface area contributed by atoms with Crippen molar-refractivity contribution in [1.29, 1.82) is 0 Å². The number of nitrogens with one attached hydrogen (secondary N) is 1. The van der Waals surface area contributed by atoms with Gasteiger partial charge in [-0.25, -0.2) is 13.2 Å². The third-order valence-corrected chi connectivity index (χ3v) is 5.20. The Balaban J connectivity index is 1.73. The van der Waals surface area contributed by atoms with Gasteiger partial charge in [0.2, 0.25) is 0 Å². The first kappa shape index (κ1) is 17.2. The van der Waals surface area contributed by atoms with Gasteiger partial charge in [-0.05, 0) is 25.0 Å². The summed E-state index contributed by atoms with van der Waals surface area (Å²) in [6.07, 6.45) is 3.25. The van der Waals surface area contributed by atoms with Gasteiger partial charge in [-0.3, -0.25) is 4.79 Å². The summed E-state index contributed by atoms with van der Waals surface area (Å²) < 4.78 is 27.4. The molecule has 1 saturated heterocycles. The van der Waals surface area contributed by atoms with E-state index in [1.54, 1.807) is 6.08 Å². The summed E-state index contributed by atoms with van der Waals surface area (Å²) in [5.41, 5.74) is 1.98. The molecule has 1 aliphatic rings. The van der Waals surface area contributed by atoms with Crippen molar-refractivity contribution < 1.29 is 22.7 Å². The minimum Gasteiger partial charge on any atom is -0.452 e. The lowest BCUT2D eigenvalue weighted by Crippen LogP contribution is -2.38. The quantitative estimate of drug-likeness (QED) is 0.636. The monoisotopic (exact) mass is 337 g/mol.